The summed E-state index contributed by atoms with van der Waals surface area (Å²) >= 11 is 6.62. The SMILES string of the molecule is CC(C)=C1C=C(Br)C(O)=C(Br)C1. The van der Waals surface area contributed by atoms with E-state index >= 15 is 0 Å². The molecule has 1 nitrogen and oxygen atoms in total. The van der Waals surface area contributed by atoms with Gasteiger partial charge >= 0.3 is 0 Å². The van der Waals surface area contributed by atoms with E-state index in [1.807, 2.05) is 6.08 Å². The van der Waals surface area contributed by atoms with Gasteiger partial charge in [0.25, 0.3) is 0 Å². The fraction of sp³-hybridized carbons (Fsp3) is 0.333. The lowest BCUT2D eigenvalue weighted by molar-refractivity contribution is 0.425. The molecule has 0 aromatic heterocycles. The van der Waals surface area contributed by atoms with Crippen molar-refractivity contribution in [3.63, 3.8) is 0 Å². The fourth-order valence-corrected chi connectivity index (χ4v) is 2.27. The van der Waals surface area contributed by atoms with E-state index in [2.05, 4.69) is 45.7 Å². The number of hydrogen-bond acceptors (Lipinski definition) is 1. The summed E-state index contributed by atoms with van der Waals surface area (Å²) in [6.07, 6.45) is 2.73. The molecule has 1 aliphatic rings. The zero-order chi connectivity index (χ0) is 9.30. The maximum absolute atomic E-state index is 9.44. The van der Waals surface area contributed by atoms with Gasteiger partial charge in [-0.2, -0.15) is 0 Å². The lowest BCUT2D eigenvalue weighted by Gasteiger charge is -2.13. The number of halogens is 2. The van der Waals surface area contributed by atoms with E-state index in [1.165, 1.54) is 11.1 Å². The largest absolute Gasteiger partial charge is 0.506 e. The summed E-state index contributed by atoms with van der Waals surface area (Å²) in [5, 5.41) is 9.44. The Morgan fingerprint density at radius 1 is 1.42 bits per heavy atom. The number of aliphatic hydroxyl groups is 1. The summed E-state index contributed by atoms with van der Waals surface area (Å²) in [6, 6.07) is 0. The van der Waals surface area contributed by atoms with Crippen LogP contribution in [0.4, 0.5) is 0 Å². The monoisotopic (exact) mass is 292 g/mol. The van der Waals surface area contributed by atoms with Gasteiger partial charge in [0.2, 0.25) is 0 Å². The molecule has 1 N–H and O–H groups in total. The summed E-state index contributed by atoms with van der Waals surface area (Å²) in [5.74, 6) is 0.306. The molecule has 0 saturated heterocycles. The molecule has 0 atom stereocenters. The topological polar surface area (TPSA) is 20.2 Å². The van der Waals surface area contributed by atoms with Crippen LogP contribution in [-0.4, -0.2) is 5.11 Å². The van der Waals surface area contributed by atoms with E-state index in [-0.39, 0.29) is 0 Å². The Kier molecular flexibility index (Phi) is 3.18. The number of rotatable bonds is 0. The van der Waals surface area contributed by atoms with E-state index < -0.39 is 0 Å². The normalized spacial score (nSPS) is 18.0. The highest BCUT2D eigenvalue weighted by atomic mass is 79.9. The first-order valence-electron chi connectivity index (χ1n) is 3.64. The Morgan fingerprint density at radius 3 is 2.42 bits per heavy atom. The maximum atomic E-state index is 9.44. The van der Waals surface area contributed by atoms with Crippen LogP contribution in [0.3, 0.4) is 0 Å². The Balaban J connectivity index is 3.08. The average molecular weight is 294 g/mol. The molecule has 12 heavy (non-hydrogen) atoms. The standard InChI is InChI=1S/C9H10Br2O/c1-5(2)6-3-7(10)9(12)8(11)4-6/h3,12H,4H2,1-2H3. The third kappa shape index (κ3) is 2.02. The second-order valence-electron chi connectivity index (χ2n) is 2.95. The third-order valence-electron chi connectivity index (χ3n) is 1.77. The van der Waals surface area contributed by atoms with Crippen LogP contribution in [0.2, 0.25) is 0 Å². The fourth-order valence-electron chi connectivity index (χ4n) is 0.974. The minimum Gasteiger partial charge on any atom is -0.506 e. The zero-order valence-corrected chi connectivity index (χ0v) is 10.2. The molecule has 0 bridgehead atoms. The molecular weight excluding hydrogens is 284 g/mol. The third-order valence-corrected chi connectivity index (χ3v) is 3.03. The van der Waals surface area contributed by atoms with Crippen molar-refractivity contribution in [2.75, 3.05) is 0 Å². The molecule has 1 rings (SSSR count). The van der Waals surface area contributed by atoms with Gasteiger partial charge in [-0.15, -0.1) is 0 Å². The molecule has 0 spiro atoms. The van der Waals surface area contributed by atoms with Crippen molar-refractivity contribution in [3.05, 3.63) is 31.9 Å². The van der Waals surface area contributed by atoms with Crippen LogP contribution in [-0.2, 0) is 0 Å². The molecule has 0 aliphatic heterocycles. The van der Waals surface area contributed by atoms with Crippen molar-refractivity contribution >= 4 is 31.9 Å². The first-order chi connectivity index (χ1) is 5.52. The smallest absolute Gasteiger partial charge is 0.140 e. The minimum atomic E-state index is 0.306. The zero-order valence-electron chi connectivity index (χ0n) is 6.99. The van der Waals surface area contributed by atoms with E-state index in [4.69, 9.17) is 0 Å². The molecule has 0 unspecified atom stereocenters. The number of aliphatic hydroxyl groups excluding tert-OH is 1. The van der Waals surface area contributed by atoms with Gasteiger partial charge in [-0.1, -0.05) is 21.5 Å². The molecule has 0 amide bonds. The van der Waals surface area contributed by atoms with E-state index in [1.54, 1.807) is 0 Å². The van der Waals surface area contributed by atoms with E-state index in [0.29, 0.717) is 5.76 Å². The molecule has 0 aromatic carbocycles. The molecule has 0 fully saturated rings. The molecule has 0 radical (unpaired) electrons. The van der Waals surface area contributed by atoms with Crippen LogP contribution in [0.15, 0.2) is 31.9 Å². The summed E-state index contributed by atoms with van der Waals surface area (Å²) in [4.78, 5) is 0. The van der Waals surface area contributed by atoms with Crippen molar-refractivity contribution in [1.29, 1.82) is 0 Å². The Hall–Kier alpha value is -0.0200. The van der Waals surface area contributed by atoms with Crippen LogP contribution in [0, 0.1) is 0 Å². The van der Waals surface area contributed by atoms with Gasteiger partial charge in [0.1, 0.15) is 5.76 Å². The minimum absolute atomic E-state index is 0.306. The van der Waals surface area contributed by atoms with E-state index in [9.17, 15) is 5.11 Å². The Bertz CT molecular complexity index is 294. The lowest BCUT2D eigenvalue weighted by Crippen LogP contribution is -1.96. The van der Waals surface area contributed by atoms with E-state index in [0.717, 1.165) is 15.4 Å². The average Bonchev–Trinajstić information content (AvgIpc) is 1.99. The summed E-state index contributed by atoms with van der Waals surface area (Å²) in [5.41, 5.74) is 2.52. The summed E-state index contributed by atoms with van der Waals surface area (Å²) in [7, 11) is 0. The highest BCUT2D eigenvalue weighted by Crippen LogP contribution is 2.34. The van der Waals surface area contributed by atoms with Gasteiger partial charge in [0, 0.05) is 10.9 Å². The highest BCUT2D eigenvalue weighted by molar-refractivity contribution is 9.12. The molecule has 0 heterocycles. The van der Waals surface area contributed by atoms with Gasteiger partial charge < -0.3 is 5.11 Å². The first kappa shape index (κ1) is 10.1. The number of hydrogen-bond donors (Lipinski definition) is 1. The Labute approximate surface area is 89.1 Å². The van der Waals surface area contributed by atoms with Crippen LogP contribution < -0.4 is 0 Å². The van der Waals surface area contributed by atoms with Crippen molar-refractivity contribution in [3.8, 4) is 0 Å². The number of allylic oxidation sites excluding steroid dienone is 5. The van der Waals surface area contributed by atoms with Crippen LogP contribution in [0.25, 0.3) is 0 Å². The molecular formula is C9H10Br2O. The van der Waals surface area contributed by atoms with Gasteiger partial charge in [-0.3, -0.25) is 0 Å². The molecule has 0 aromatic rings. The second-order valence-corrected chi connectivity index (χ2v) is 4.76. The lowest BCUT2D eigenvalue weighted by atomic mass is 10.0. The van der Waals surface area contributed by atoms with Gasteiger partial charge in [-0.05, 0) is 41.4 Å². The summed E-state index contributed by atoms with van der Waals surface area (Å²) in [6.45, 7) is 4.13. The van der Waals surface area contributed by atoms with Crippen LogP contribution in [0.1, 0.15) is 20.3 Å². The first-order valence-corrected chi connectivity index (χ1v) is 5.22. The molecule has 66 valence electrons. The van der Waals surface area contributed by atoms with Crippen molar-refractivity contribution in [2.24, 2.45) is 0 Å². The van der Waals surface area contributed by atoms with Gasteiger partial charge in [-0.25, -0.2) is 0 Å². The van der Waals surface area contributed by atoms with Crippen molar-refractivity contribution in [2.45, 2.75) is 20.3 Å². The van der Waals surface area contributed by atoms with Crippen LogP contribution >= 0.6 is 31.9 Å². The quantitative estimate of drug-likeness (QED) is 0.711. The van der Waals surface area contributed by atoms with Crippen molar-refractivity contribution in [1.82, 2.24) is 0 Å². The maximum Gasteiger partial charge on any atom is 0.140 e. The molecule has 0 saturated carbocycles. The van der Waals surface area contributed by atoms with Crippen molar-refractivity contribution < 1.29 is 5.11 Å². The summed E-state index contributed by atoms with van der Waals surface area (Å²) < 4.78 is 1.59. The van der Waals surface area contributed by atoms with Gasteiger partial charge in [0.05, 0.1) is 4.48 Å². The molecule has 1 aliphatic carbocycles. The predicted octanol–water partition coefficient (Wildman–Crippen LogP) is 4.17. The highest BCUT2D eigenvalue weighted by Gasteiger charge is 2.14. The predicted molar refractivity (Wildman–Crippen MR) is 58.6 cm³/mol. The van der Waals surface area contributed by atoms with Crippen LogP contribution in [0.5, 0.6) is 0 Å². The van der Waals surface area contributed by atoms with Gasteiger partial charge in [0.15, 0.2) is 0 Å². The second kappa shape index (κ2) is 3.79. The Morgan fingerprint density at radius 2 is 2.00 bits per heavy atom. The molecule has 3 heteroatoms.